The normalized spacial score (nSPS) is 18.6. The molecule has 0 saturated carbocycles. The largest absolute Gasteiger partial charge is 0.493 e. The van der Waals surface area contributed by atoms with Crippen LogP contribution in [0.5, 0.6) is 5.75 Å². The van der Waals surface area contributed by atoms with Crippen LogP contribution >= 0.6 is 0 Å². The summed E-state index contributed by atoms with van der Waals surface area (Å²) in [5.41, 5.74) is 2.97. The summed E-state index contributed by atoms with van der Waals surface area (Å²) in [6.07, 6.45) is 0.808. The number of ketones is 1. The van der Waals surface area contributed by atoms with Gasteiger partial charge in [-0.1, -0.05) is 19.9 Å². The third-order valence-corrected chi connectivity index (χ3v) is 4.14. The van der Waals surface area contributed by atoms with Crippen LogP contribution in [0.1, 0.15) is 41.8 Å². The minimum atomic E-state index is 0.0531. The summed E-state index contributed by atoms with van der Waals surface area (Å²) in [4.78, 5) is 15.1. The van der Waals surface area contributed by atoms with Crippen LogP contribution in [0.15, 0.2) is 12.1 Å². The molecule has 20 heavy (non-hydrogen) atoms. The van der Waals surface area contributed by atoms with Crippen molar-refractivity contribution in [3.05, 3.63) is 28.8 Å². The minimum Gasteiger partial charge on any atom is -0.493 e. The van der Waals surface area contributed by atoms with Gasteiger partial charge in [0.1, 0.15) is 5.75 Å². The van der Waals surface area contributed by atoms with Gasteiger partial charge in [-0.2, -0.15) is 0 Å². The van der Waals surface area contributed by atoms with Gasteiger partial charge in [-0.3, -0.25) is 4.79 Å². The molecule has 3 nitrogen and oxygen atoms in total. The molecule has 3 heteroatoms. The zero-order valence-electron chi connectivity index (χ0n) is 13.0. The van der Waals surface area contributed by atoms with E-state index in [1.807, 2.05) is 19.9 Å². The first-order valence-electron chi connectivity index (χ1n) is 7.57. The molecule has 0 aromatic heterocycles. The van der Waals surface area contributed by atoms with E-state index < -0.39 is 0 Å². The zero-order valence-corrected chi connectivity index (χ0v) is 13.0. The van der Waals surface area contributed by atoms with Gasteiger partial charge in [-0.15, -0.1) is 0 Å². The molecule has 1 aliphatic heterocycles. The molecule has 0 fully saturated rings. The molecule has 1 aliphatic rings. The molecule has 1 unspecified atom stereocenters. The topological polar surface area (TPSA) is 29.5 Å². The number of Topliss-reactive ketones (excluding diaryl/α,β-unsaturated/α-hetero) is 1. The Morgan fingerprint density at radius 3 is 2.60 bits per heavy atom. The van der Waals surface area contributed by atoms with Crippen LogP contribution < -0.4 is 4.74 Å². The summed E-state index contributed by atoms with van der Waals surface area (Å²) in [6, 6.07) is 4.06. The van der Waals surface area contributed by atoms with Crippen molar-refractivity contribution in [2.75, 3.05) is 26.2 Å². The molecule has 1 heterocycles. The standard InChI is InChI=1S/C17H25NO2/c1-5-18(6-2)11-14-7-8-20-17-13(4)9-12(3)10-15(17)16(14)19/h9-10,14H,5-8,11H2,1-4H3. The van der Waals surface area contributed by atoms with Crippen LogP contribution in [-0.4, -0.2) is 36.9 Å². The Balaban J connectivity index is 2.30. The lowest BCUT2D eigenvalue weighted by Gasteiger charge is -2.23. The first kappa shape index (κ1) is 15.0. The zero-order chi connectivity index (χ0) is 14.7. The fraction of sp³-hybridized carbons (Fsp3) is 0.588. The van der Waals surface area contributed by atoms with Gasteiger partial charge in [-0.25, -0.2) is 0 Å². The van der Waals surface area contributed by atoms with Gasteiger partial charge in [0.25, 0.3) is 0 Å². The number of nitrogens with zero attached hydrogens (tertiary/aromatic N) is 1. The molecule has 0 N–H and O–H groups in total. The van der Waals surface area contributed by atoms with Gasteiger partial charge < -0.3 is 9.64 Å². The van der Waals surface area contributed by atoms with E-state index in [1.165, 1.54) is 0 Å². The van der Waals surface area contributed by atoms with E-state index >= 15 is 0 Å². The molecule has 0 bridgehead atoms. The van der Waals surface area contributed by atoms with Gasteiger partial charge in [0, 0.05) is 12.5 Å². The van der Waals surface area contributed by atoms with Gasteiger partial charge in [-0.05, 0) is 50.6 Å². The maximum atomic E-state index is 12.8. The fourth-order valence-corrected chi connectivity index (χ4v) is 2.95. The number of hydrogen-bond acceptors (Lipinski definition) is 3. The SMILES string of the molecule is CCN(CC)CC1CCOc2c(C)cc(C)cc2C1=O. The summed E-state index contributed by atoms with van der Waals surface area (Å²) in [7, 11) is 0. The van der Waals surface area contributed by atoms with Crippen molar-refractivity contribution in [1.29, 1.82) is 0 Å². The van der Waals surface area contributed by atoms with Crippen LogP contribution in [-0.2, 0) is 0 Å². The van der Waals surface area contributed by atoms with E-state index in [-0.39, 0.29) is 11.7 Å². The second kappa shape index (κ2) is 6.40. The van der Waals surface area contributed by atoms with Gasteiger partial charge >= 0.3 is 0 Å². The lowest BCUT2D eigenvalue weighted by atomic mass is 9.92. The van der Waals surface area contributed by atoms with Crippen molar-refractivity contribution >= 4 is 5.78 Å². The Morgan fingerprint density at radius 2 is 1.95 bits per heavy atom. The van der Waals surface area contributed by atoms with Crippen molar-refractivity contribution in [2.45, 2.75) is 34.1 Å². The first-order valence-corrected chi connectivity index (χ1v) is 7.57. The number of carbonyl (C=O) groups excluding carboxylic acids is 1. The van der Waals surface area contributed by atoms with E-state index in [2.05, 4.69) is 24.8 Å². The fourth-order valence-electron chi connectivity index (χ4n) is 2.95. The van der Waals surface area contributed by atoms with Crippen LogP contribution in [0.3, 0.4) is 0 Å². The molecule has 0 aliphatic carbocycles. The van der Waals surface area contributed by atoms with Gasteiger partial charge in [0.2, 0.25) is 0 Å². The average molecular weight is 275 g/mol. The van der Waals surface area contributed by atoms with E-state index in [9.17, 15) is 4.79 Å². The number of carbonyl (C=O) groups is 1. The molecule has 1 aromatic carbocycles. The molecule has 1 atom stereocenters. The van der Waals surface area contributed by atoms with Crippen LogP contribution in [0.4, 0.5) is 0 Å². The molecule has 0 amide bonds. The quantitative estimate of drug-likeness (QED) is 0.845. The number of fused-ring (bicyclic) bond motifs is 1. The first-order chi connectivity index (χ1) is 9.56. The van der Waals surface area contributed by atoms with E-state index in [4.69, 9.17) is 4.74 Å². The van der Waals surface area contributed by atoms with E-state index in [0.717, 1.165) is 48.5 Å². The average Bonchev–Trinajstić information content (AvgIpc) is 2.57. The number of ether oxygens (including phenoxy) is 1. The van der Waals surface area contributed by atoms with Crippen molar-refractivity contribution < 1.29 is 9.53 Å². The van der Waals surface area contributed by atoms with Crippen molar-refractivity contribution in [3.8, 4) is 5.75 Å². The highest BCUT2D eigenvalue weighted by Crippen LogP contribution is 2.31. The number of rotatable bonds is 4. The van der Waals surface area contributed by atoms with Crippen molar-refractivity contribution in [1.82, 2.24) is 4.90 Å². The van der Waals surface area contributed by atoms with Crippen LogP contribution in [0, 0.1) is 19.8 Å². The summed E-state index contributed by atoms with van der Waals surface area (Å²) in [5, 5.41) is 0. The van der Waals surface area contributed by atoms with E-state index in [1.54, 1.807) is 0 Å². The van der Waals surface area contributed by atoms with Gasteiger partial charge in [0.05, 0.1) is 12.2 Å². The Bertz CT molecular complexity index is 492. The summed E-state index contributed by atoms with van der Waals surface area (Å²) in [6.45, 7) is 11.8. The van der Waals surface area contributed by atoms with E-state index in [0.29, 0.717) is 6.61 Å². The monoisotopic (exact) mass is 275 g/mol. The van der Waals surface area contributed by atoms with Crippen molar-refractivity contribution in [2.24, 2.45) is 5.92 Å². The van der Waals surface area contributed by atoms with Crippen LogP contribution in [0.2, 0.25) is 0 Å². The maximum absolute atomic E-state index is 12.8. The molecule has 0 radical (unpaired) electrons. The predicted octanol–water partition coefficient (Wildman–Crippen LogP) is 3.23. The smallest absolute Gasteiger partial charge is 0.171 e. The highest BCUT2D eigenvalue weighted by Gasteiger charge is 2.28. The van der Waals surface area contributed by atoms with Gasteiger partial charge in [0.15, 0.2) is 5.78 Å². The molecule has 110 valence electrons. The number of aryl methyl sites for hydroxylation is 2. The summed E-state index contributed by atoms with van der Waals surface area (Å²) in [5.74, 6) is 1.09. The maximum Gasteiger partial charge on any atom is 0.171 e. The third-order valence-electron chi connectivity index (χ3n) is 4.14. The minimum absolute atomic E-state index is 0.0531. The summed E-state index contributed by atoms with van der Waals surface area (Å²) >= 11 is 0. The third kappa shape index (κ3) is 3.04. The highest BCUT2D eigenvalue weighted by atomic mass is 16.5. The lowest BCUT2D eigenvalue weighted by Crippen LogP contribution is -2.33. The Hall–Kier alpha value is -1.35. The second-order valence-electron chi connectivity index (χ2n) is 5.64. The molecular weight excluding hydrogens is 250 g/mol. The predicted molar refractivity (Wildman–Crippen MR) is 81.6 cm³/mol. The van der Waals surface area contributed by atoms with Crippen molar-refractivity contribution in [3.63, 3.8) is 0 Å². The number of hydrogen-bond donors (Lipinski definition) is 0. The second-order valence-corrected chi connectivity index (χ2v) is 5.64. The molecule has 2 rings (SSSR count). The Kier molecular flexibility index (Phi) is 4.81. The summed E-state index contributed by atoms with van der Waals surface area (Å²) < 4.78 is 5.84. The molecule has 0 spiro atoms. The number of benzene rings is 1. The van der Waals surface area contributed by atoms with Crippen LogP contribution in [0.25, 0.3) is 0 Å². The molecule has 1 aromatic rings. The molecule has 0 saturated heterocycles. The Morgan fingerprint density at radius 1 is 1.25 bits per heavy atom. The Labute approximate surface area is 121 Å². The molecular formula is C17H25NO2. The highest BCUT2D eigenvalue weighted by molar-refractivity contribution is 6.01. The lowest BCUT2D eigenvalue weighted by molar-refractivity contribution is 0.0877.